The third-order valence-corrected chi connectivity index (χ3v) is 3.61. The molecule has 0 aromatic carbocycles. The maximum absolute atomic E-state index is 11.8. The summed E-state index contributed by atoms with van der Waals surface area (Å²) in [6, 6.07) is 0.336. The van der Waals surface area contributed by atoms with Crippen LogP contribution in [0.2, 0.25) is 0 Å². The molecule has 0 bridgehead atoms. The first-order valence-electron chi connectivity index (χ1n) is 5.85. The quantitative estimate of drug-likeness (QED) is 0.672. The minimum Gasteiger partial charge on any atom is -0.460 e. The molecule has 0 radical (unpaired) electrons. The van der Waals surface area contributed by atoms with Gasteiger partial charge in [0.2, 0.25) is 0 Å². The van der Waals surface area contributed by atoms with Gasteiger partial charge in [-0.15, -0.1) is 0 Å². The highest BCUT2D eigenvalue weighted by Gasteiger charge is 2.48. The third kappa shape index (κ3) is 2.17. The van der Waals surface area contributed by atoms with Crippen molar-refractivity contribution in [3.05, 3.63) is 0 Å². The molecule has 1 unspecified atom stereocenters. The van der Waals surface area contributed by atoms with Gasteiger partial charge in [0.25, 0.3) is 0 Å². The molecular weight excluding hydrogens is 190 g/mol. The van der Waals surface area contributed by atoms with E-state index in [1.54, 1.807) is 0 Å². The topological polar surface area (TPSA) is 52.3 Å². The number of carbonyl (C=O) groups is 1. The molecule has 2 N–H and O–H groups in total. The van der Waals surface area contributed by atoms with E-state index >= 15 is 0 Å². The number of hydrogen-bond acceptors (Lipinski definition) is 3. The highest BCUT2D eigenvalue weighted by atomic mass is 16.6. The van der Waals surface area contributed by atoms with Crippen molar-refractivity contribution in [3.8, 4) is 0 Å². The van der Waals surface area contributed by atoms with Gasteiger partial charge in [-0.1, -0.05) is 0 Å². The second kappa shape index (κ2) is 3.48. The van der Waals surface area contributed by atoms with Crippen LogP contribution < -0.4 is 5.73 Å². The average molecular weight is 211 g/mol. The summed E-state index contributed by atoms with van der Waals surface area (Å²) in [4.78, 5) is 11.8. The van der Waals surface area contributed by atoms with E-state index in [4.69, 9.17) is 10.5 Å². The Morgan fingerprint density at radius 1 is 1.27 bits per heavy atom. The lowest BCUT2D eigenvalue weighted by Gasteiger charge is -2.37. The van der Waals surface area contributed by atoms with Crippen molar-refractivity contribution in [2.45, 2.75) is 51.7 Å². The molecule has 2 rings (SSSR count). The number of nitrogens with two attached hydrogens (primary N) is 1. The molecule has 3 nitrogen and oxygen atoms in total. The monoisotopic (exact) mass is 211 g/mol. The average Bonchev–Trinajstić information content (AvgIpc) is 2.39. The molecule has 0 amide bonds. The van der Waals surface area contributed by atoms with Crippen LogP contribution in [0.15, 0.2) is 0 Å². The molecule has 0 heterocycles. The predicted octanol–water partition coefficient (Wildman–Crippen LogP) is 1.70. The lowest BCUT2D eigenvalue weighted by atomic mass is 9.72. The van der Waals surface area contributed by atoms with Crippen LogP contribution in [-0.4, -0.2) is 17.6 Å². The number of fused-ring (bicyclic) bond motifs is 1. The van der Waals surface area contributed by atoms with Crippen LogP contribution in [0.1, 0.15) is 40.0 Å². The summed E-state index contributed by atoms with van der Waals surface area (Å²) in [5.41, 5.74) is 5.54. The highest BCUT2D eigenvalue weighted by molar-refractivity contribution is 5.73. The zero-order chi connectivity index (χ0) is 11.2. The lowest BCUT2D eigenvalue weighted by molar-refractivity contribution is -0.159. The van der Waals surface area contributed by atoms with Crippen LogP contribution in [0.4, 0.5) is 0 Å². The van der Waals surface area contributed by atoms with Gasteiger partial charge in [-0.05, 0) is 51.9 Å². The summed E-state index contributed by atoms with van der Waals surface area (Å²) in [6.45, 7) is 5.75. The molecule has 3 heteroatoms. The molecule has 2 aliphatic carbocycles. The second-order valence-electron chi connectivity index (χ2n) is 6.03. The van der Waals surface area contributed by atoms with E-state index in [1.807, 2.05) is 20.8 Å². The van der Waals surface area contributed by atoms with Gasteiger partial charge >= 0.3 is 5.97 Å². The fraction of sp³-hybridized carbons (Fsp3) is 0.917. The summed E-state index contributed by atoms with van der Waals surface area (Å²) in [5, 5.41) is 0. The number of hydrogen-bond donors (Lipinski definition) is 1. The summed E-state index contributed by atoms with van der Waals surface area (Å²) in [6.07, 6.45) is 3.04. The smallest absolute Gasteiger partial charge is 0.309 e. The molecule has 2 fully saturated rings. The highest BCUT2D eigenvalue weighted by Crippen LogP contribution is 2.49. The van der Waals surface area contributed by atoms with E-state index in [0.717, 1.165) is 19.3 Å². The molecular formula is C12H21NO2. The molecule has 15 heavy (non-hydrogen) atoms. The Hall–Kier alpha value is -0.570. The van der Waals surface area contributed by atoms with Crippen molar-refractivity contribution in [2.75, 3.05) is 0 Å². The first-order valence-corrected chi connectivity index (χ1v) is 5.85. The van der Waals surface area contributed by atoms with Crippen molar-refractivity contribution in [3.63, 3.8) is 0 Å². The molecule has 0 aromatic heterocycles. The normalized spacial score (nSPS) is 39.5. The Morgan fingerprint density at radius 3 is 2.40 bits per heavy atom. The van der Waals surface area contributed by atoms with E-state index in [2.05, 4.69) is 0 Å². The molecule has 0 aliphatic heterocycles. The van der Waals surface area contributed by atoms with Crippen molar-refractivity contribution in [1.82, 2.24) is 0 Å². The molecule has 86 valence electrons. The Balaban J connectivity index is 1.88. The van der Waals surface area contributed by atoms with Gasteiger partial charge < -0.3 is 10.5 Å². The molecule has 4 atom stereocenters. The Kier molecular flexibility index (Phi) is 2.53. The first kappa shape index (κ1) is 10.9. The van der Waals surface area contributed by atoms with Crippen LogP contribution >= 0.6 is 0 Å². The summed E-state index contributed by atoms with van der Waals surface area (Å²) in [5.74, 6) is 1.36. The third-order valence-electron chi connectivity index (χ3n) is 3.61. The number of carbonyl (C=O) groups excluding carboxylic acids is 1. The van der Waals surface area contributed by atoms with E-state index in [9.17, 15) is 4.79 Å². The molecule has 0 aromatic rings. The summed E-state index contributed by atoms with van der Waals surface area (Å²) in [7, 11) is 0. The Bertz CT molecular complexity index is 269. The van der Waals surface area contributed by atoms with Gasteiger partial charge in [0.1, 0.15) is 5.60 Å². The Labute approximate surface area is 91.4 Å². The van der Waals surface area contributed by atoms with Gasteiger partial charge in [0.05, 0.1) is 5.92 Å². The fourth-order valence-electron chi connectivity index (χ4n) is 2.86. The zero-order valence-corrected chi connectivity index (χ0v) is 9.82. The maximum atomic E-state index is 11.8. The number of ether oxygens (including phenoxy) is 1. The minimum atomic E-state index is -0.360. The van der Waals surface area contributed by atoms with Crippen molar-refractivity contribution in [2.24, 2.45) is 23.5 Å². The van der Waals surface area contributed by atoms with E-state index in [-0.39, 0.29) is 17.5 Å². The van der Waals surface area contributed by atoms with Gasteiger partial charge in [-0.25, -0.2) is 0 Å². The van der Waals surface area contributed by atoms with Crippen molar-refractivity contribution >= 4 is 5.97 Å². The largest absolute Gasteiger partial charge is 0.460 e. The first-order chi connectivity index (χ1) is 6.87. The Morgan fingerprint density at radius 2 is 1.93 bits per heavy atom. The van der Waals surface area contributed by atoms with E-state index in [0.29, 0.717) is 17.9 Å². The summed E-state index contributed by atoms with van der Waals surface area (Å²) < 4.78 is 5.40. The van der Waals surface area contributed by atoms with Crippen LogP contribution in [-0.2, 0) is 9.53 Å². The van der Waals surface area contributed by atoms with E-state index < -0.39 is 0 Å². The number of rotatable bonds is 1. The van der Waals surface area contributed by atoms with Gasteiger partial charge in [-0.3, -0.25) is 4.79 Å². The van der Waals surface area contributed by atoms with Crippen LogP contribution in [0.3, 0.4) is 0 Å². The SMILES string of the molecule is CC(C)(C)OC(=O)C1C[C@@H]2C[C@@H](N)[C@@H]2C1. The van der Waals surface area contributed by atoms with Gasteiger partial charge in [-0.2, -0.15) is 0 Å². The van der Waals surface area contributed by atoms with Crippen LogP contribution in [0.25, 0.3) is 0 Å². The minimum absolute atomic E-state index is 0.0240. The standard InChI is InChI=1S/C12H21NO2/c1-12(2,3)15-11(14)8-4-7-6-10(13)9(7)5-8/h7-10H,4-6,13H2,1-3H3/t7-,8?,9-,10-/m1/s1. The van der Waals surface area contributed by atoms with Gasteiger partial charge in [0, 0.05) is 6.04 Å². The number of esters is 1. The predicted molar refractivity (Wildman–Crippen MR) is 58.1 cm³/mol. The molecule has 2 aliphatic rings. The summed E-state index contributed by atoms with van der Waals surface area (Å²) >= 11 is 0. The molecule has 2 saturated carbocycles. The molecule has 0 spiro atoms. The second-order valence-corrected chi connectivity index (χ2v) is 6.03. The van der Waals surface area contributed by atoms with E-state index in [1.165, 1.54) is 0 Å². The molecule has 0 saturated heterocycles. The fourth-order valence-corrected chi connectivity index (χ4v) is 2.86. The van der Waals surface area contributed by atoms with Gasteiger partial charge in [0.15, 0.2) is 0 Å². The van der Waals surface area contributed by atoms with Crippen LogP contribution in [0, 0.1) is 17.8 Å². The van der Waals surface area contributed by atoms with Crippen LogP contribution in [0.5, 0.6) is 0 Å². The maximum Gasteiger partial charge on any atom is 0.309 e. The van der Waals surface area contributed by atoms with Crippen molar-refractivity contribution < 1.29 is 9.53 Å². The van der Waals surface area contributed by atoms with Crippen molar-refractivity contribution in [1.29, 1.82) is 0 Å². The zero-order valence-electron chi connectivity index (χ0n) is 9.82. The lowest BCUT2D eigenvalue weighted by Crippen LogP contribution is -2.44.